The third-order valence-corrected chi connectivity index (χ3v) is 4.86. The highest BCUT2D eigenvalue weighted by atomic mass is 79.9. The Morgan fingerprint density at radius 1 is 1.43 bits per heavy atom. The molecule has 8 heteroatoms. The summed E-state index contributed by atoms with van der Waals surface area (Å²) in [5, 5.41) is 2.97. The van der Waals surface area contributed by atoms with Crippen LogP contribution < -0.4 is 10.0 Å². The van der Waals surface area contributed by atoms with E-state index in [4.69, 9.17) is 0 Å². The van der Waals surface area contributed by atoms with E-state index in [9.17, 15) is 8.42 Å². The topological polar surface area (TPSA) is 74.3 Å². The zero-order chi connectivity index (χ0) is 16.0. The Balaban J connectivity index is 2.94. The van der Waals surface area contributed by atoms with Crippen molar-refractivity contribution in [1.82, 2.24) is 14.6 Å². The van der Waals surface area contributed by atoms with E-state index >= 15 is 0 Å². The van der Waals surface area contributed by atoms with E-state index in [-0.39, 0.29) is 10.9 Å². The number of halogens is 1. The number of hydrogen-bond acceptors (Lipinski definition) is 5. The molecule has 0 bridgehead atoms. The van der Waals surface area contributed by atoms with Gasteiger partial charge in [0.05, 0.1) is 0 Å². The van der Waals surface area contributed by atoms with Crippen LogP contribution in [-0.2, 0) is 10.0 Å². The van der Waals surface area contributed by atoms with Gasteiger partial charge in [0.1, 0.15) is 10.7 Å². The van der Waals surface area contributed by atoms with Crippen LogP contribution in [0.1, 0.15) is 20.3 Å². The highest BCUT2D eigenvalue weighted by Gasteiger charge is 2.22. The smallest absolute Gasteiger partial charge is 0.244 e. The fourth-order valence-corrected chi connectivity index (χ4v) is 3.68. The van der Waals surface area contributed by atoms with Gasteiger partial charge in [0.15, 0.2) is 0 Å². The van der Waals surface area contributed by atoms with Gasteiger partial charge in [-0.2, -0.15) is 0 Å². The average molecular weight is 379 g/mol. The number of sulfonamides is 1. The molecule has 6 nitrogen and oxygen atoms in total. The summed E-state index contributed by atoms with van der Waals surface area (Å²) < 4.78 is 28.3. The molecule has 0 aromatic carbocycles. The van der Waals surface area contributed by atoms with Gasteiger partial charge in [-0.1, -0.05) is 0 Å². The summed E-state index contributed by atoms with van der Waals surface area (Å²) in [6.07, 6.45) is 2.32. The van der Waals surface area contributed by atoms with Gasteiger partial charge in [0.25, 0.3) is 0 Å². The molecule has 0 amide bonds. The third kappa shape index (κ3) is 5.90. The van der Waals surface area contributed by atoms with Crippen molar-refractivity contribution in [3.05, 3.63) is 16.7 Å². The maximum absolute atomic E-state index is 12.5. The van der Waals surface area contributed by atoms with Gasteiger partial charge in [-0.05, 0) is 62.9 Å². The molecule has 1 aromatic rings. The Bertz CT molecular complexity index is 563. The number of nitrogens with zero attached hydrogens (tertiary/aromatic N) is 2. The lowest BCUT2D eigenvalue weighted by Gasteiger charge is -2.18. The third-order valence-electron chi connectivity index (χ3n) is 2.82. The zero-order valence-electron chi connectivity index (χ0n) is 12.9. The van der Waals surface area contributed by atoms with Crippen LogP contribution in [0, 0.1) is 0 Å². The van der Waals surface area contributed by atoms with Crippen LogP contribution >= 0.6 is 15.9 Å². The van der Waals surface area contributed by atoms with E-state index in [1.165, 1.54) is 0 Å². The second kappa shape index (κ2) is 8.07. The maximum atomic E-state index is 12.5. The molecular formula is C13H23BrN4O2S. The Kier molecular flexibility index (Phi) is 7.05. The van der Waals surface area contributed by atoms with E-state index in [2.05, 4.69) is 31.0 Å². The molecule has 1 rings (SSSR count). The summed E-state index contributed by atoms with van der Waals surface area (Å²) in [5.41, 5.74) is 0. The van der Waals surface area contributed by atoms with Crippen molar-refractivity contribution >= 4 is 31.8 Å². The van der Waals surface area contributed by atoms with Crippen molar-refractivity contribution in [2.75, 3.05) is 32.5 Å². The predicted octanol–water partition coefficient (Wildman–Crippen LogP) is 1.89. The van der Waals surface area contributed by atoms with Gasteiger partial charge >= 0.3 is 0 Å². The van der Waals surface area contributed by atoms with Crippen molar-refractivity contribution in [3.8, 4) is 0 Å². The summed E-state index contributed by atoms with van der Waals surface area (Å²) in [5.74, 6) is 0.369. The van der Waals surface area contributed by atoms with Crippen LogP contribution in [0.25, 0.3) is 0 Å². The van der Waals surface area contributed by atoms with Gasteiger partial charge in [0, 0.05) is 23.3 Å². The second-order valence-corrected chi connectivity index (χ2v) is 7.74. The van der Waals surface area contributed by atoms with Crippen LogP contribution in [0.4, 0.5) is 5.82 Å². The summed E-state index contributed by atoms with van der Waals surface area (Å²) in [6.45, 7) is 5.18. The molecule has 2 N–H and O–H groups in total. The lowest BCUT2D eigenvalue weighted by atomic mass is 10.2. The van der Waals surface area contributed by atoms with Gasteiger partial charge in [0.2, 0.25) is 10.0 Å². The van der Waals surface area contributed by atoms with Crippen molar-refractivity contribution in [1.29, 1.82) is 0 Å². The lowest BCUT2D eigenvalue weighted by Crippen LogP contribution is -2.35. The number of rotatable bonds is 8. The molecule has 1 unspecified atom stereocenters. The van der Waals surface area contributed by atoms with E-state index in [1.54, 1.807) is 12.3 Å². The average Bonchev–Trinajstić information content (AvgIpc) is 2.38. The van der Waals surface area contributed by atoms with Crippen molar-refractivity contribution in [2.45, 2.75) is 31.2 Å². The first-order valence-electron chi connectivity index (χ1n) is 6.82. The molecule has 1 aromatic heterocycles. The molecule has 120 valence electrons. The van der Waals surface area contributed by atoms with Crippen LogP contribution in [-0.4, -0.2) is 51.5 Å². The van der Waals surface area contributed by atoms with Crippen LogP contribution in [0.3, 0.4) is 0 Å². The summed E-state index contributed by atoms with van der Waals surface area (Å²) in [4.78, 5) is 6.32. The molecule has 0 radical (unpaired) electrons. The highest BCUT2D eigenvalue weighted by Crippen LogP contribution is 2.23. The van der Waals surface area contributed by atoms with Crippen LogP contribution in [0.5, 0.6) is 0 Å². The van der Waals surface area contributed by atoms with Gasteiger partial charge < -0.3 is 10.2 Å². The quantitative estimate of drug-likeness (QED) is 0.722. The number of aromatic nitrogens is 1. The molecule has 21 heavy (non-hydrogen) atoms. The first-order chi connectivity index (χ1) is 9.76. The molecule has 1 atom stereocenters. The Morgan fingerprint density at radius 3 is 2.67 bits per heavy atom. The molecule has 0 fully saturated rings. The molecular weight excluding hydrogens is 356 g/mol. The second-order valence-electron chi connectivity index (χ2n) is 5.14. The van der Waals surface area contributed by atoms with E-state index in [1.807, 2.05) is 32.8 Å². The van der Waals surface area contributed by atoms with Crippen molar-refractivity contribution in [3.63, 3.8) is 0 Å². The Labute approximate surface area is 135 Å². The number of anilines is 1. The molecule has 0 saturated carbocycles. The molecule has 0 saturated heterocycles. The maximum Gasteiger partial charge on any atom is 0.244 e. The minimum Gasteiger partial charge on any atom is -0.369 e. The monoisotopic (exact) mass is 378 g/mol. The Morgan fingerprint density at radius 2 is 2.10 bits per heavy atom. The lowest BCUT2D eigenvalue weighted by molar-refractivity contribution is 0.379. The molecule has 0 aliphatic carbocycles. The summed E-state index contributed by atoms with van der Waals surface area (Å²) >= 11 is 3.27. The number of hydrogen-bond donors (Lipinski definition) is 2. The normalized spacial score (nSPS) is 13.4. The minimum absolute atomic E-state index is 0.147. The first kappa shape index (κ1) is 18.3. The van der Waals surface area contributed by atoms with Crippen LogP contribution in [0.15, 0.2) is 21.6 Å². The van der Waals surface area contributed by atoms with Crippen LogP contribution in [0.2, 0.25) is 0 Å². The van der Waals surface area contributed by atoms with Crippen molar-refractivity contribution < 1.29 is 8.42 Å². The molecule has 0 spiro atoms. The first-order valence-corrected chi connectivity index (χ1v) is 9.10. The summed E-state index contributed by atoms with van der Waals surface area (Å²) in [7, 11) is 0.316. The molecule has 0 aliphatic rings. The minimum atomic E-state index is -3.61. The number of nitrogens with one attached hydrogen (secondary N) is 2. The predicted molar refractivity (Wildman–Crippen MR) is 89.1 cm³/mol. The van der Waals surface area contributed by atoms with E-state index < -0.39 is 10.0 Å². The fourth-order valence-electron chi connectivity index (χ4n) is 1.76. The number of pyridine rings is 1. The summed E-state index contributed by atoms with van der Waals surface area (Å²) in [6, 6.07) is 1.41. The zero-order valence-corrected chi connectivity index (χ0v) is 15.3. The van der Waals surface area contributed by atoms with E-state index in [0.29, 0.717) is 16.8 Å². The van der Waals surface area contributed by atoms with Gasteiger partial charge in [-0.15, -0.1) is 0 Å². The van der Waals surface area contributed by atoms with E-state index in [0.717, 1.165) is 13.0 Å². The molecule has 1 heterocycles. The SMILES string of the molecule is CCNc1ncc(Br)cc1S(=O)(=O)NC(C)CCN(C)C. The van der Waals surface area contributed by atoms with Gasteiger partial charge in [-0.3, -0.25) is 0 Å². The standard InChI is InChI=1S/C13H23BrN4O2S/c1-5-15-13-12(8-11(14)9-16-13)21(19,20)17-10(2)6-7-18(3)4/h8-10,17H,5-7H2,1-4H3,(H,15,16). The van der Waals surface area contributed by atoms with Gasteiger partial charge in [-0.25, -0.2) is 18.1 Å². The molecule has 0 aliphatic heterocycles. The highest BCUT2D eigenvalue weighted by molar-refractivity contribution is 9.10. The Hall–Kier alpha value is -0.700. The van der Waals surface area contributed by atoms with Crippen molar-refractivity contribution in [2.24, 2.45) is 0 Å². The largest absolute Gasteiger partial charge is 0.369 e. The fraction of sp³-hybridized carbons (Fsp3) is 0.615.